The Morgan fingerprint density at radius 1 is 0.679 bits per heavy atom. The van der Waals surface area contributed by atoms with Crippen LogP contribution in [0, 0.1) is 11.8 Å². The molecule has 0 saturated heterocycles. The highest BCUT2D eigenvalue weighted by Gasteiger charge is 2.05. The molecule has 0 rings (SSSR count). The minimum absolute atomic E-state index is 0.0628. The van der Waals surface area contributed by atoms with Gasteiger partial charge in [-0.2, -0.15) is 0 Å². The smallest absolute Gasteiger partial charge is 0.303 e. The number of hydrogen-bond donors (Lipinski definition) is 2. The molecule has 2 unspecified atom stereocenters. The lowest BCUT2D eigenvalue weighted by Crippen LogP contribution is -1.98. The predicted molar refractivity (Wildman–Crippen MR) is 119 cm³/mol. The van der Waals surface area contributed by atoms with Crippen molar-refractivity contribution in [3.8, 4) is 0 Å². The van der Waals surface area contributed by atoms with Crippen molar-refractivity contribution in [2.24, 2.45) is 11.8 Å². The van der Waals surface area contributed by atoms with Crippen LogP contribution in [-0.4, -0.2) is 22.2 Å². The summed E-state index contributed by atoms with van der Waals surface area (Å²) in [5.41, 5.74) is 0. The van der Waals surface area contributed by atoms with Gasteiger partial charge in [-0.25, -0.2) is 0 Å². The van der Waals surface area contributed by atoms with Gasteiger partial charge in [-0.05, 0) is 37.5 Å². The molecule has 0 saturated carbocycles. The SMILES string of the molecule is CCCCC(CC)CC=CCC(CC)CCCC.O=C(O)CCCCC(=O)O. The third-order valence-electron chi connectivity index (χ3n) is 5.22. The first-order valence-electron chi connectivity index (χ1n) is 11.5. The third-order valence-corrected chi connectivity index (χ3v) is 5.22. The maximum absolute atomic E-state index is 9.90. The summed E-state index contributed by atoms with van der Waals surface area (Å²) < 4.78 is 0. The summed E-state index contributed by atoms with van der Waals surface area (Å²) in [6, 6.07) is 0. The van der Waals surface area contributed by atoms with Crippen LogP contribution in [0.1, 0.15) is 118 Å². The second-order valence-electron chi connectivity index (χ2n) is 7.77. The van der Waals surface area contributed by atoms with Gasteiger partial charge in [0.2, 0.25) is 0 Å². The number of carboxylic acids is 2. The summed E-state index contributed by atoms with van der Waals surface area (Å²) in [6.45, 7) is 9.26. The highest BCUT2D eigenvalue weighted by Crippen LogP contribution is 2.20. The number of rotatable bonds is 17. The van der Waals surface area contributed by atoms with E-state index < -0.39 is 11.9 Å². The topological polar surface area (TPSA) is 74.6 Å². The highest BCUT2D eigenvalue weighted by atomic mass is 16.4. The van der Waals surface area contributed by atoms with Gasteiger partial charge in [-0.3, -0.25) is 9.59 Å². The summed E-state index contributed by atoms with van der Waals surface area (Å²) >= 11 is 0. The second-order valence-corrected chi connectivity index (χ2v) is 7.77. The molecule has 4 heteroatoms. The molecule has 166 valence electrons. The molecule has 28 heavy (non-hydrogen) atoms. The van der Waals surface area contributed by atoms with Crippen molar-refractivity contribution >= 4 is 11.9 Å². The highest BCUT2D eigenvalue weighted by molar-refractivity contribution is 5.67. The quantitative estimate of drug-likeness (QED) is 0.197. The monoisotopic (exact) mass is 398 g/mol. The molecule has 0 aromatic rings. The van der Waals surface area contributed by atoms with E-state index in [2.05, 4.69) is 39.8 Å². The van der Waals surface area contributed by atoms with Gasteiger partial charge in [0.1, 0.15) is 0 Å². The van der Waals surface area contributed by atoms with Crippen molar-refractivity contribution in [3.63, 3.8) is 0 Å². The average molecular weight is 399 g/mol. The van der Waals surface area contributed by atoms with Gasteiger partial charge >= 0.3 is 11.9 Å². The van der Waals surface area contributed by atoms with E-state index >= 15 is 0 Å². The number of carboxylic acid groups (broad SMARTS) is 2. The Bertz CT molecular complexity index is 354. The van der Waals surface area contributed by atoms with Crippen molar-refractivity contribution in [1.82, 2.24) is 0 Å². The molecule has 0 spiro atoms. The largest absolute Gasteiger partial charge is 0.481 e. The van der Waals surface area contributed by atoms with E-state index in [1.807, 2.05) is 0 Å². The fraction of sp³-hybridized carbons (Fsp3) is 0.833. The summed E-state index contributed by atoms with van der Waals surface area (Å²) in [4.78, 5) is 19.8. The van der Waals surface area contributed by atoms with E-state index in [9.17, 15) is 9.59 Å². The van der Waals surface area contributed by atoms with E-state index in [-0.39, 0.29) is 12.8 Å². The Kier molecular flexibility index (Phi) is 22.7. The Labute approximate surface area is 173 Å². The fourth-order valence-electron chi connectivity index (χ4n) is 3.09. The molecule has 0 bridgehead atoms. The summed E-state index contributed by atoms with van der Waals surface area (Å²) in [5.74, 6) is 0.115. The van der Waals surface area contributed by atoms with Gasteiger partial charge in [0.15, 0.2) is 0 Å². The fourth-order valence-corrected chi connectivity index (χ4v) is 3.09. The van der Waals surface area contributed by atoms with Crippen LogP contribution < -0.4 is 0 Å². The first kappa shape index (κ1) is 28.9. The first-order chi connectivity index (χ1) is 13.4. The molecule has 0 aromatic heterocycles. The number of hydrogen-bond acceptors (Lipinski definition) is 2. The zero-order valence-electron chi connectivity index (χ0n) is 18.9. The number of allylic oxidation sites excluding steroid dienone is 2. The summed E-state index contributed by atoms with van der Waals surface area (Å²) in [7, 11) is 0. The minimum atomic E-state index is -0.870. The molecular weight excluding hydrogens is 352 g/mol. The standard InChI is InChI=1S/C18H36.C6H10O4/c1-5-9-13-17(7-3)15-11-12-16-18(8-4)14-10-6-2;7-5(8)3-1-2-4-6(9)10/h11-12,17-18H,5-10,13-16H2,1-4H3;1-4H2,(H,7,8)(H,9,10). The van der Waals surface area contributed by atoms with Crippen LogP contribution >= 0.6 is 0 Å². The van der Waals surface area contributed by atoms with Crippen molar-refractivity contribution in [2.45, 2.75) is 118 Å². The van der Waals surface area contributed by atoms with Crippen LogP contribution in [0.3, 0.4) is 0 Å². The van der Waals surface area contributed by atoms with Crippen LogP contribution in [0.5, 0.6) is 0 Å². The van der Waals surface area contributed by atoms with Crippen molar-refractivity contribution < 1.29 is 19.8 Å². The molecular formula is C24H46O4. The van der Waals surface area contributed by atoms with Crippen LogP contribution in [0.15, 0.2) is 12.2 Å². The Morgan fingerprint density at radius 3 is 1.29 bits per heavy atom. The van der Waals surface area contributed by atoms with Crippen LogP contribution in [0.2, 0.25) is 0 Å². The molecule has 2 N–H and O–H groups in total. The summed E-state index contributed by atoms with van der Waals surface area (Å²) in [6.07, 6.45) is 19.6. The number of unbranched alkanes of at least 4 members (excludes halogenated alkanes) is 3. The molecule has 0 radical (unpaired) electrons. The Morgan fingerprint density at radius 2 is 1.04 bits per heavy atom. The molecule has 0 aromatic carbocycles. The van der Waals surface area contributed by atoms with E-state index in [1.54, 1.807) is 0 Å². The third kappa shape index (κ3) is 22.7. The van der Waals surface area contributed by atoms with Gasteiger partial charge in [0, 0.05) is 12.8 Å². The lowest BCUT2D eigenvalue weighted by Gasteiger charge is -2.13. The van der Waals surface area contributed by atoms with Gasteiger partial charge in [-0.15, -0.1) is 0 Å². The number of aliphatic carboxylic acids is 2. The van der Waals surface area contributed by atoms with Crippen LogP contribution in [-0.2, 0) is 9.59 Å². The van der Waals surface area contributed by atoms with Crippen LogP contribution in [0.4, 0.5) is 0 Å². The molecule has 0 heterocycles. The van der Waals surface area contributed by atoms with E-state index in [0.29, 0.717) is 12.8 Å². The Balaban J connectivity index is 0. The molecule has 0 aliphatic carbocycles. The molecule has 4 nitrogen and oxygen atoms in total. The molecule has 0 aliphatic rings. The average Bonchev–Trinajstić information content (AvgIpc) is 2.67. The van der Waals surface area contributed by atoms with Gasteiger partial charge in [-0.1, -0.05) is 91.2 Å². The normalized spacial score (nSPS) is 13.0. The lowest BCUT2D eigenvalue weighted by atomic mass is 9.93. The maximum Gasteiger partial charge on any atom is 0.303 e. The van der Waals surface area contributed by atoms with E-state index in [1.165, 1.54) is 64.2 Å². The Hall–Kier alpha value is -1.32. The van der Waals surface area contributed by atoms with Gasteiger partial charge in [0.05, 0.1) is 0 Å². The minimum Gasteiger partial charge on any atom is -0.481 e. The zero-order chi connectivity index (χ0) is 21.6. The molecule has 0 aliphatic heterocycles. The van der Waals surface area contributed by atoms with Crippen molar-refractivity contribution in [2.75, 3.05) is 0 Å². The first-order valence-corrected chi connectivity index (χ1v) is 11.5. The lowest BCUT2D eigenvalue weighted by molar-refractivity contribution is -0.139. The van der Waals surface area contributed by atoms with Crippen molar-refractivity contribution in [1.29, 1.82) is 0 Å². The zero-order valence-corrected chi connectivity index (χ0v) is 18.9. The second kappa shape index (κ2) is 22.0. The maximum atomic E-state index is 9.90. The van der Waals surface area contributed by atoms with Crippen molar-refractivity contribution in [3.05, 3.63) is 12.2 Å². The molecule has 0 amide bonds. The molecule has 2 atom stereocenters. The van der Waals surface area contributed by atoms with Gasteiger partial charge < -0.3 is 10.2 Å². The predicted octanol–water partition coefficient (Wildman–Crippen LogP) is 7.47. The number of carbonyl (C=O) groups is 2. The van der Waals surface area contributed by atoms with Gasteiger partial charge in [0.25, 0.3) is 0 Å². The van der Waals surface area contributed by atoms with E-state index in [0.717, 1.165) is 11.8 Å². The molecule has 0 fully saturated rings. The van der Waals surface area contributed by atoms with E-state index in [4.69, 9.17) is 10.2 Å². The van der Waals surface area contributed by atoms with Crippen LogP contribution in [0.25, 0.3) is 0 Å². The summed E-state index contributed by atoms with van der Waals surface area (Å²) in [5, 5.41) is 16.3.